The molecule has 0 bridgehead atoms. The Morgan fingerprint density at radius 1 is 1.05 bits per heavy atom. The zero-order valence-corrected chi connectivity index (χ0v) is 13.6. The van der Waals surface area contributed by atoms with Crippen molar-refractivity contribution < 1.29 is 5.11 Å². The number of rotatable bonds is 3. The summed E-state index contributed by atoms with van der Waals surface area (Å²) in [6.45, 7) is 0. The zero-order chi connectivity index (χ0) is 15.9. The molecule has 1 aliphatic rings. The highest BCUT2D eigenvalue weighted by molar-refractivity contribution is 5.84. The van der Waals surface area contributed by atoms with E-state index in [4.69, 9.17) is 0 Å². The Balaban J connectivity index is 2.16. The largest absolute Gasteiger partial charge is 0.391 e. The maximum atomic E-state index is 10.3. The highest BCUT2D eigenvalue weighted by Gasteiger charge is 2.29. The van der Waals surface area contributed by atoms with Gasteiger partial charge >= 0.3 is 0 Å². The molecule has 0 spiro atoms. The van der Waals surface area contributed by atoms with Crippen molar-refractivity contribution >= 4 is 22.9 Å². The smallest absolute Gasteiger partial charge is 0.228 e. The summed E-state index contributed by atoms with van der Waals surface area (Å²) in [4.78, 5) is 12.9. The van der Waals surface area contributed by atoms with E-state index in [0.717, 1.165) is 31.5 Å². The third-order valence-corrected chi connectivity index (χ3v) is 4.13. The first-order chi connectivity index (χ1) is 10.5. The van der Waals surface area contributed by atoms with Crippen LogP contribution < -0.4 is 9.80 Å². The van der Waals surface area contributed by atoms with Gasteiger partial charge in [-0.05, 0) is 12.8 Å². The van der Waals surface area contributed by atoms with Gasteiger partial charge in [0.05, 0.1) is 12.1 Å². The van der Waals surface area contributed by atoms with Crippen molar-refractivity contribution in [3.63, 3.8) is 0 Å². The third-order valence-electron chi connectivity index (χ3n) is 4.13. The minimum Gasteiger partial charge on any atom is -0.391 e. The van der Waals surface area contributed by atoms with Crippen molar-refractivity contribution in [3.8, 4) is 0 Å². The van der Waals surface area contributed by atoms with Gasteiger partial charge in [-0.3, -0.25) is 0 Å². The van der Waals surface area contributed by atoms with Gasteiger partial charge in [0.15, 0.2) is 17.0 Å². The van der Waals surface area contributed by atoms with E-state index in [2.05, 4.69) is 20.3 Å². The molecule has 1 aliphatic carbocycles. The van der Waals surface area contributed by atoms with Gasteiger partial charge in [-0.1, -0.05) is 18.1 Å². The van der Waals surface area contributed by atoms with Crippen LogP contribution in [-0.2, 0) is 0 Å². The van der Waals surface area contributed by atoms with Crippen LogP contribution in [0, 0.1) is 0 Å². The van der Waals surface area contributed by atoms with Gasteiger partial charge in [0, 0.05) is 28.2 Å². The van der Waals surface area contributed by atoms with Crippen LogP contribution in [0.5, 0.6) is 0 Å². The number of nitrogens with zero attached hydrogens (tertiary/aromatic N) is 7. The van der Waals surface area contributed by atoms with Crippen LogP contribution in [0.1, 0.15) is 31.7 Å². The molecule has 2 aromatic rings. The van der Waals surface area contributed by atoms with Crippen LogP contribution >= 0.6 is 0 Å². The molecule has 120 valence electrons. The van der Waals surface area contributed by atoms with Gasteiger partial charge in [-0.15, -0.1) is 5.10 Å². The van der Waals surface area contributed by atoms with Crippen LogP contribution in [0.15, 0.2) is 0 Å². The lowest BCUT2D eigenvalue weighted by Gasteiger charge is -2.27. The summed E-state index contributed by atoms with van der Waals surface area (Å²) in [6.07, 6.45) is 3.47. The molecule has 0 saturated heterocycles. The normalized spacial score (nSPS) is 22.0. The molecule has 2 aromatic heterocycles. The molecule has 8 heteroatoms. The quantitative estimate of drug-likeness (QED) is 0.899. The van der Waals surface area contributed by atoms with E-state index in [1.54, 1.807) is 4.68 Å². The Bertz CT molecular complexity index is 667. The van der Waals surface area contributed by atoms with Gasteiger partial charge < -0.3 is 14.9 Å². The Labute approximate surface area is 129 Å². The summed E-state index contributed by atoms with van der Waals surface area (Å²) in [5.74, 6) is 1.36. The molecule has 0 radical (unpaired) electrons. The van der Waals surface area contributed by atoms with E-state index in [-0.39, 0.29) is 12.1 Å². The molecule has 0 aromatic carbocycles. The number of aromatic nitrogens is 5. The molecule has 1 N–H and O–H groups in total. The lowest BCUT2D eigenvalue weighted by molar-refractivity contribution is 0.0703. The minimum atomic E-state index is -0.390. The number of hydrogen-bond donors (Lipinski definition) is 1. The van der Waals surface area contributed by atoms with Crippen LogP contribution in [0.25, 0.3) is 11.2 Å². The van der Waals surface area contributed by atoms with Gasteiger partial charge in [0.2, 0.25) is 5.95 Å². The number of hydrogen-bond acceptors (Lipinski definition) is 7. The summed E-state index contributed by atoms with van der Waals surface area (Å²) in [5.41, 5.74) is 1.36. The van der Waals surface area contributed by atoms with Crippen molar-refractivity contribution in [1.29, 1.82) is 0 Å². The summed E-state index contributed by atoms with van der Waals surface area (Å²) in [7, 11) is 7.67. The summed E-state index contributed by atoms with van der Waals surface area (Å²) < 4.78 is 1.78. The number of aliphatic hydroxyl groups is 1. The molecule has 3 rings (SSSR count). The topological polar surface area (TPSA) is 83.2 Å². The fraction of sp³-hybridized carbons (Fsp3) is 0.714. The second kappa shape index (κ2) is 5.68. The van der Waals surface area contributed by atoms with E-state index >= 15 is 0 Å². The predicted octanol–water partition coefficient (Wildman–Crippen LogP) is 0.829. The van der Waals surface area contributed by atoms with Crippen LogP contribution in [0.3, 0.4) is 0 Å². The first-order valence-corrected chi connectivity index (χ1v) is 7.64. The van der Waals surface area contributed by atoms with Crippen molar-refractivity contribution in [1.82, 2.24) is 25.0 Å². The van der Waals surface area contributed by atoms with Gasteiger partial charge in [0.25, 0.3) is 0 Å². The SMILES string of the molecule is CN(C)c1nc(N(C)C)c2nnn([C@H]3CCCC[C@H]3O)c2n1. The average Bonchev–Trinajstić information content (AvgIpc) is 2.90. The molecule has 0 amide bonds. The van der Waals surface area contributed by atoms with Gasteiger partial charge in [-0.25, -0.2) is 4.68 Å². The van der Waals surface area contributed by atoms with Crippen molar-refractivity contribution in [2.24, 2.45) is 0 Å². The number of aliphatic hydroxyl groups excluding tert-OH is 1. The Kier molecular flexibility index (Phi) is 3.86. The Hall–Kier alpha value is -1.96. The highest BCUT2D eigenvalue weighted by Crippen LogP contribution is 2.31. The first-order valence-electron chi connectivity index (χ1n) is 7.64. The van der Waals surface area contributed by atoms with E-state index in [1.165, 1.54) is 0 Å². The predicted molar refractivity (Wildman–Crippen MR) is 85.3 cm³/mol. The minimum absolute atomic E-state index is 0.0568. The maximum Gasteiger partial charge on any atom is 0.228 e. The molecule has 0 unspecified atom stereocenters. The maximum absolute atomic E-state index is 10.3. The number of anilines is 2. The van der Waals surface area contributed by atoms with Crippen molar-refractivity contribution in [2.75, 3.05) is 38.0 Å². The lowest BCUT2D eigenvalue weighted by Crippen LogP contribution is -2.28. The molecule has 1 fully saturated rings. The molecule has 8 nitrogen and oxygen atoms in total. The Morgan fingerprint density at radius 3 is 2.41 bits per heavy atom. The van der Waals surface area contributed by atoms with E-state index in [9.17, 15) is 5.11 Å². The molecule has 22 heavy (non-hydrogen) atoms. The fourth-order valence-electron chi connectivity index (χ4n) is 2.92. The van der Waals surface area contributed by atoms with Gasteiger partial charge in [-0.2, -0.15) is 9.97 Å². The second-order valence-corrected chi connectivity index (χ2v) is 6.26. The summed E-state index contributed by atoms with van der Waals surface area (Å²) in [5, 5.41) is 18.8. The molecular formula is C14H23N7O. The molecule has 1 saturated carbocycles. The number of fused-ring (bicyclic) bond motifs is 1. The Morgan fingerprint density at radius 2 is 1.77 bits per heavy atom. The lowest BCUT2D eigenvalue weighted by atomic mass is 9.93. The standard InChI is InChI=1S/C14H23N7O/c1-19(2)12-11-13(16-14(15-12)20(3)4)21(18-17-11)9-7-5-6-8-10(9)22/h9-10,22H,5-8H2,1-4H3/t9-,10+/m0/s1. The van der Waals surface area contributed by atoms with Gasteiger partial charge in [0.1, 0.15) is 0 Å². The molecule has 0 aliphatic heterocycles. The van der Waals surface area contributed by atoms with Crippen molar-refractivity contribution in [2.45, 2.75) is 37.8 Å². The fourth-order valence-corrected chi connectivity index (χ4v) is 2.92. The van der Waals surface area contributed by atoms with E-state index < -0.39 is 0 Å². The summed E-state index contributed by atoms with van der Waals surface area (Å²) >= 11 is 0. The third kappa shape index (κ3) is 2.47. The monoisotopic (exact) mass is 305 g/mol. The second-order valence-electron chi connectivity index (χ2n) is 6.26. The zero-order valence-electron chi connectivity index (χ0n) is 13.6. The summed E-state index contributed by atoms with van der Waals surface area (Å²) in [6, 6.07) is -0.0568. The van der Waals surface area contributed by atoms with Crippen LogP contribution in [-0.4, -0.2) is 64.4 Å². The molecule has 2 atom stereocenters. The average molecular weight is 305 g/mol. The van der Waals surface area contributed by atoms with Crippen molar-refractivity contribution in [3.05, 3.63) is 0 Å². The van der Waals surface area contributed by atoms with Crippen LogP contribution in [0.4, 0.5) is 11.8 Å². The molecular weight excluding hydrogens is 282 g/mol. The highest BCUT2D eigenvalue weighted by atomic mass is 16.3. The van der Waals surface area contributed by atoms with Crippen LogP contribution in [0.2, 0.25) is 0 Å². The van der Waals surface area contributed by atoms with E-state index in [0.29, 0.717) is 17.1 Å². The molecule has 2 heterocycles. The first kappa shape index (κ1) is 15.0. The van der Waals surface area contributed by atoms with E-state index in [1.807, 2.05) is 38.0 Å².